The molecule has 2 aromatic carbocycles. The number of nitrogens with zero attached hydrogens (tertiary/aromatic N) is 3. The number of hydrogen-bond acceptors (Lipinski definition) is 4. The second-order valence-electron chi connectivity index (χ2n) is 5.44. The lowest BCUT2D eigenvalue weighted by Crippen LogP contribution is -2.22. The Morgan fingerprint density at radius 2 is 1.88 bits per heavy atom. The highest BCUT2D eigenvalue weighted by Gasteiger charge is 2.15. The van der Waals surface area contributed by atoms with Crippen LogP contribution in [0.4, 0.5) is 14.5 Å². The Bertz CT molecular complexity index is 848. The molecule has 0 amide bonds. The van der Waals surface area contributed by atoms with Crippen LogP contribution in [0.1, 0.15) is 18.4 Å². The van der Waals surface area contributed by atoms with E-state index in [1.54, 1.807) is 0 Å². The summed E-state index contributed by atoms with van der Waals surface area (Å²) in [5.74, 6) is -0.809. The molecule has 0 aliphatic rings. The Kier molecular flexibility index (Phi) is 4.55. The van der Waals surface area contributed by atoms with Crippen LogP contribution in [-0.4, -0.2) is 16.7 Å². The first-order valence-electron chi connectivity index (χ1n) is 7.67. The van der Waals surface area contributed by atoms with Crippen molar-refractivity contribution >= 4 is 5.69 Å². The highest BCUT2D eigenvalue weighted by atomic mass is 19.2. The highest BCUT2D eigenvalue weighted by molar-refractivity contribution is 5.59. The van der Waals surface area contributed by atoms with E-state index in [1.165, 1.54) is 6.07 Å². The maximum Gasteiger partial charge on any atom is 0.246 e. The van der Waals surface area contributed by atoms with Crippen LogP contribution in [-0.2, 0) is 6.54 Å². The summed E-state index contributed by atoms with van der Waals surface area (Å²) in [5, 5.41) is 4.01. The number of aryl methyl sites for hydroxylation is 1. The Hall–Kier alpha value is -2.76. The third kappa shape index (κ3) is 3.27. The number of halogens is 2. The molecule has 0 N–H and O–H groups in total. The van der Waals surface area contributed by atoms with Crippen LogP contribution >= 0.6 is 0 Å². The second-order valence-corrected chi connectivity index (χ2v) is 5.44. The fourth-order valence-corrected chi connectivity index (χ4v) is 2.48. The molecule has 0 atom stereocenters. The van der Waals surface area contributed by atoms with Gasteiger partial charge in [-0.1, -0.05) is 29.4 Å². The lowest BCUT2D eigenvalue weighted by Gasteiger charge is -2.21. The van der Waals surface area contributed by atoms with Crippen molar-refractivity contribution in [1.29, 1.82) is 0 Å². The third-order valence-corrected chi connectivity index (χ3v) is 3.83. The molecule has 0 aliphatic carbocycles. The van der Waals surface area contributed by atoms with Gasteiger partial charge in [-0.2, -0.15) is 4.98 Å². The molecular formula is C18H17F2N3O. The zero-order valence-corrected chi connectivity index (χ0v) is 13.5. The van der Waals surface area contributed by atoms with Gasteiger partial charge in [-0.05, 0) is 31.5 Å². The fraction of sp³-hybridized carbons (Fsp3) is 0.222. The van der Waals surface area contributed by atoms with Gasteiger partial charge in [0.1, 0.15) is 0 Å². The summed E-state index contributed by atoms with van der Waals surface area (Å²) in [5.41, 5.74) is 2.52. The molecule has 1 aromatic heterocycles. The van der Waals surface area contributed by atoms with Crippen molar-refractivity contribution in [2.75, 3.05) is 11.4 Å². The number of hydrogen-bond donors (Lipinski definition) is 0. The van der Waals surface area contributed by atoms with Crippen LogP contribution in [0.15, 0.2) is 47.0 Å². The van der Waals surface area contributed by atoms with E-state index in [4.69, 9.17) is 4.52 Å². The van der Waals surface area contributed by atoms with Gasteiger partial charge in [0.15, 0.2) is 11.6 Å². The van der Waals surface area contributed by atoms with Crippen LogP contribution in [0.25, 0.3) is 11.4 Å². The van der Waals surface area contributed by atoms with Crippen molar-refractivity contribution in [3.05, 3.63) is 65.6 Å². The molecule has 3 rings (SSSR count). The van der Waals surface area contributed by atoms with E-state index < -0.39 is 11.6 Å². The van der Waals surface area contributed by atoms with Gasteiger partial charge in [0.05, 0.1) is 6.54 Å². The minimum absolute atomic E-state index is 0.320. The standard InChI is InChI=1S/C18H17F2N3O/c1-3-23(13-8-9-15(19)16(20)10-13)11-17-21-18(22-24-17)14-7-5-4-6-12(14)2/h4-10H,3,11H2,1-2H3. The van der Waals surface area contributed by atoms with Crippen LogP contribution in [0.2, 0.25) is 0 Å². The largest absolute Gasteiger partial charge is 0.362 e. The van der Waals surface area contributed by atoms with Gasteiger partial charge < -0.3 is 9.42 Å². The maximum absolute atomic E-state index is 13.4. The first-order chi connectivity index (χ1) is 11.6. The summed E-state index contributed by atoms with van der Waals surface area (Å²) in [4.78, 5) is 6.24. The molecular weight excluding hydrogens is 312 g/mol. The predicted octanol–water partition coefficient (Wildman–Crippen LogP) is 4.35. The summed E-state index contributed by atoms with van der Waals surface area (Å²) in [6.45, 7) is 4.80. The third-order valence-electron chi connectivity index (χ3n) is 3.83. The van der Waals surface area contributed by atoms with Crippen LogP contribution in [0.5, 0.6) is 0 Å². The molecule has 1 heterocycles. The first kappa shape index (κ1) is 16.1. The van der Waals surface area contributed by atoms with E-state index in [0.29, 0.717) is 30.5 Å². The number of anilines is 1. The predicted molar refractivity (Wildman–Crippen MR) is 87.6 cm³/mol. The van der Waals surface area contributed by atoms with E-state index in [2.05, 4.69) is 10.1 Å². The van der Waals surface area contributed by atoms with Crippen molar-refractivity contribution < 1.29 is 13.3 Å². The molecule has 4 nitrogen and oxygen atoms in total. The van der Waals surface area contributed by atoms with Crippen LogP contribution in [0.3, 0.4) is 0 Å². The number of aromatic nitrogens is 2. The van der Waals surface area contributed by atoms with Gasteiger partial charge in [0, 0.05) is 23.9 Å². The lowest BCUT2D eigenvalue weighted by molar-refractivity contribution is 0.377. The van der Waals surface area contributed by atoms with Crippen molar-refractivity contribution in [2.45, 2.75) is 20.4 Å². The Balaban J connectivity index is 1.82. The molecule has 24 heavy (non-hydrogen) atoms. The minimum atomic E-state index is -0.878. The Morgan fingerprint density at radius 3 is 2.58 bits per heavy atom. The van der Waals surface area contributed by atoms with E-state index >= 15 is 0 Å². The lowest BCUT2D eigenvalue weighted by atomic mass is 10.1. The smallest absolute Gasteiger partial charge is 0.246 e. The quantitative estimate of drug-likeness (QED) is 0.698. The molecule has 0 bridgehead atoms. The molecule has 0 unspecified atom stereocenters. The molecule has 0 saturated carbocycles. The van der Waals surface area contributed by atoms with Gasteiger partial charge in [-0.3, -0.25) is 0 Å². The van der Waals surface area contributed by atoms with Crippen molar-refractivity contribution in [1.82, 2.24) is 10.1 Å². The molecule has 3 aromatic rings. The first-order valence-corrected chi connectivity index (χ1v) is 7.67. The zero-order valence-electron chi connectivity index (χ0n) is 13.5. The summed E-state index contributed by atoms with van der Waals surface area (Å²) < 4.78 is 31.8. The van der Waals surface area contributed by atoms with Gasteiger partial charge in [0.25, 0.3) is 0 Å². The normalized spacial score (nSPS) is 10.8. The fourth-order valence-electron chi connectivity index (χ4n) is 2.48. The van der Waals surface area contributed by atoms with E-state index in [-0.39, 0.29) is 0 Å². The zero-order chi connectivity index (χ0) is 17.1. The molecule has 124 valence electrons. The van der Waals surface area contributed by atoms with E-state index in [9.17, 15) is 8.78 Å². The van der Waals surface area contributed by atoms with Crippen molar-refractivity contribution in [3.63, 3.8) is 0 Å². The SMILES string of the molecule is CCN(Cc1nc(-c2ccccc2C)no1)c1ccc(F)c(F)c1. The summed E-state index contributed by atoms with van der Waals surface area (Å²) in [6, 6.07) is 11.6. The van der Waals surface area contributed by atoms with Gasteiger partial charge >= 0.3 is 0 Å². The van der Waals surface area contributed by atoms with Crippen molar-refractivity contribution in [2.24, 2.45) is 0 Å². The van der Waals surface area contributed by atoms with Crippen molar-refractivity contribution in [3.8, 4) is 11.4 Å². The van der Waals surface area contributed by atoms with Gasteiger partial charge in [-0.25, -0.2) is 8.78 Å². The topological polar surface area (TPSA) is 42.2 Å². The summed E-state index contributed by atoms with van der Waals surface area (Å²) >= 11 is 0. The number of rotatable bonds is 5. The van der Waals surface area contributed by atoms with Crippen LogP contribution < -0.4 is 4.90 Å². The minimum Gasteiger partial charge on any atom is -0.362 e. The maximum atomic E-state index is 13.4. The number of benzene rings is 2. The highest BCUT2D eigenvalue weighted by Crippen LogP contribution is 2.22. The average molecular weight is 329 g/mol. The molecule has 0 fully saturated rings. The van der Waals surface area contributed by atoms with E-state index in [1.807, 2.05) is 43.0 Å². The summed E-state index contributed by atoms with van der Waals surface area (Å²) in [7, 11) is 0. The average Bonchev–Trinajstić information content (AvgIpc) is 3.04. The summed E-state index contributed by atoms with van der Waals surface area (Å²) in [6.07, 6.45) is 0. The second kappa shape index (κ2) is 6.78. The van der Waals surface area contributed by atoms with Gasteiger partial charge in [-0.15, -0.1) is 0 Å². The van der Waals surface area contributed by atoms with E-state index in [0.717, 1.165) is 23.3 Å². The Labute approximate surface area is 138 Å². The molecule has 6 heteroatoms. The molecule has 0 saturated heterocycles. The monoisotopic (exact) mass is 329 g/mol. The van der Waals surface area contributed by atoms with Crippen LogP contribution in [0, 0.1) is 18.6 Å². The Morgan fingerprint density at radius 1 is 1.08 bits per heavy atom. The molecule has 0 radical (unpaired) electrons. The molecule has 0 spiro atoms. The molecule has 0 aliphatic heterocycles. The van der Waals surface area contributed by atoms with Gasteiger partial charge in [0.2, 0.25) is 11.7 Å².